The van der Waals surface area contributed by atoms with Gasteiger partial charge in [0.1, 0.15) is 0 Å². The molecule has 1 aliphatic heterocycles. The number of carbonyl (C=O) groups excluding carboxylic acids is 1. The van der Waals surface area contributed by atoms with Gasteiger partial charge in [-0.05, 0) is 31.5 Å². The summed E-state index contributed by atoms with van der Waals surface area (Å²) in [5, 5.41) is 5.83. The van der Waals surface area contributed by atoms with Crippen LogP contribution in [0.5, 0.6) is 11.5 Å². The number of anilines is 1. The number of fused-ring (bicyclic) bond motifs is 1. The summed E-state index contributed by atoms with van der Waals surface area (Å²) in [6.07, 6.45) is 3.02. The fourth-order valence-corrected chi connectivity index (χ4v) is 2.59. The summed E-state index contributed by atoms with van der Waals surface area (Å²) in [6, 6.07) is 7.31. The van der Waals surface area contributed by atoms with Crippen molar-refractivity contribution in [3.05, 3.63) is 41.9 Å². The molecule has 2 aromatic rings. The van der Waals surface area contributed by atoms with Crippen LogP contribution in [0.25, 0.3) is 0 Å². The van der Waals surface area contributed by atoms with Crippen LogP contribution in [0.2, 0.25) is 0 Å². The summed E-state index contributed by atoms with van der Waals surface area (Å²) in [6.45, 7) is 4.08. The van der Waals surface area contributed by atoms with E-state index in [1.54, 1.807) is 6.07 Å². The number of benzene rings is 1. The van der Waals surface area contributed by atoms with E-state index in [0.717, 1.165) is 23.4 Å². The first-order valence-corrected chi connectivity index (χ1v) is 8.92. The Morgan fingerprint density at radius 1 is 1.21 bits per heavy atom. The predicted octanol–water partition coefficient (Wildman–Crippen LogP) is 2.91. The Balaban J connectivity index is 0.00000280. The Hall–Kier alpha value is -2.43. The van der Waals surface area contributed by atoms with Gasteiger partial charge in [-0.2, -0.15) is 0 Å². The summed E-state index contributed by atoms with van der Waals surface area (Å²) in [5.41, 5.74) is 7.51. The molecule has 0 radical (unpaired) electrons. The van der Waals surface area contributed by atoms with E-state index >= 15 is 0 Å². The Morgan fingerprint density at radius 3 is 2.75 bits per heavy atom. The number of furan rings is 1. The zero-order valence-corrected chi connectivity index (χ0v) is 18.0. The minimum atomic E-state index is -0.222. The van der Waals surface area contributed by atoms with Crippen LogP contribution in [0.1, 0.15) is 29.0 Å². The second kappa shape index (κ2) is 10.8. The first-order valence-electron chi connectivity index (χ1n) is 8.92. The SMILES string of the molecule is Cc1ccoc1C(=O)NCCCN=C(N)Nc1ccc2c(c1)OCCCO2.I. The molecule has 0 unspecified atom stereocenters. The molecule has 9 heteroatoms. The van der Waals surface area contributed by atoms with Crippen molar-refractivity contribution in [3.8, 4) is 11.5 Å². The van der Waals surface area contributed by atoms with Gasteiger partial charge in [0.15, 0.2) is 23.2 Å². The van der Waals surface area contributed by atoms with Crippen LogP contribution in [0.3, 0.4) is 0 Å². The summed E-state index contributed by atoms with van der Waals surface area (Å²) >= 11 is 0. The number of aryl methyl sites for hydroxylation is 1. The number of aliphatic imine (C=N–C) groups is 1. The maximum absolute atomic E-state index is 11.9. The fourth-order valence-electron chi connectivity index (χ4n) is 2.59. The van der Waals surface area contributed by atoms with E-state index in [2.05, 4.69) is 15.6 Å². The molecule has 1 amide bonds. The molecule has 0 atom stereocenters. The number of ether oxygens (including phenoxy) is 2. The highest BCUT2D eigenvalue weighted by molar-refractivity contribution is 14.0. The zero-order valence-electron chi connectivity index (χ0n) is 15.7. The lowest BCUT2D eigenvalue weighted by Crippen LogP contribution is -2.26. The van der Waals surface area contributed by atoms with Crippen LogP contribution in [-0.2, 0) is 0 Å². The van der Waals surface area contributed by atoms with Gasteiger partial charge >= 0.3 is 0 Å². The van der Waals surface area contributed by atoms with Gasteiger partial charge in [0.2, 0.25) is 0 Å². The average molecular weight is 500 g/mol. The number of amides is 1. The molecule has 0 aliphatic carbocycles. The largest absolute Gasteiger partial charge is 0.490 e. The topological polar surface area (TPSA) is 111 Å². The molecule has 0 bridgehead atoms. The van der Waals surface area contributed by atoms with Crippen LogP contribution < -0.4 is 25.8 Å². The third-order valence-corrected chi connectivity index (χ3v) is 3.99. The number of nitrogens with one attached hydrogen (secondary N) is 2. The van der Waals surface area contributed by atoms with Gasteiger partial charge in [-0.15, -0.1) is 24.0 Å². The highest BCUT2D eigenvalue weighted by Gasteiger charge is 2.12. The normalized spacial score (nSPS) is 13.2. The number of hydrogen-bond donors (Lipinski definition) is 3. The van der Waals surface area contributed by atoms with Crippen molar-refractivity contribution in [1.29, 1.82) is 0 Å². The summed E-state index contributed by atoms with van der Waals surface area (Å²) in [4.78, 5) is 16.2. The summed E-state index contributed by atoms with van der Waals surface area (Å²) in [7, 11) is 0. The maximum Gasteiger partial charge on any atom is 0.287 e. The molecule has 0 saturated heterocycles. The first-order chi connectivity index (χ1) is 13.1. The number of nitrogens with two attached hydrogens (primary N) is 1. The monoisotopic (exact) mass is 500 g/mol. The standard InChI is InChI=1S/C19H24N4O4.HI/c1-13-6-11-27-17(13)18(24)21-7-2-8-22-19(20)23-14-4-5-15-16(12-14)26-10-3-9-25-15;/h4-6,11-12H,2-3,7-10H2,1H3,(H,21,24)(H3,20,22,23);1H. The van der Waals surface area contributed by atoms with Gasteiger partial charge in [0.25, 0.3) is 5.91 Å². The Kier molecular flexibility index (Phi) is 8.42. The van der Waals surface area contributed by atoms with Crippen LogP contribution in [0.15, 0.2) is 39.9 Å². The molecule has 1 aromatic carbocycles. The van der Waals surface area contributed by atoms with E-state index in [-0.39, 0.29) is 29.9 Å². The van der Waals surface area contributed by atoms with Crippen molar-refractivity contribution in [2.24, 2.45) is 10.7 Å². The molecular formula is C19H25IN4O4. The molecule has 0 fully saturated rings. The van der Waals surface area contributed by atoms with Crippen molar-refractivity contribution >= 4 is 41.5 Å². The Morgan fingerprint density at radius 2 is 2.00 bits per heavy atom. The van der Waals surface area contributed by atoms with Gasteiger partial charge < -0.3 is 30.3 Å². The van der Waals surface area contributed by atoms with Crippen molar-refractivity contribution in [2.75, 3.05) is 31.6 Å². The van der Waals surface area contributed by atoms with Crippen LogP contribution in [-0.4, -0.2) is 38.2 Å². The number of hydrogen-bond acceptors (Lipinski definition) is 5. The Labute approximate surface area is 180 Å². The van der Waals surface area contributed by atoms with Gasteiger partial charge in [0, 0.05) is 36.8 Å². The third-order valence-electron chi connectivity index (χ3n) is 3.99. The van der Waals surface area contributed by atoms with Crippen LogP contribution >= 0.6 is 24.0 Å². The fraction of sp³-hybridized carbons (Fsp3) is 0.368. The molecule has 2 heterocycles. The number of rotatable bonds is 6. The molecule has 1 aliphatic rings. The summed E-state index contributed by atoms with van der Waals surface area (Å²) < 4.78 is 16.4. The molecule has 8 nitrogen and oxygen atoms in total. The smallest absolute Gasteiger partial charge is 0.287 e. The number of carbonyl (C=O) groups is 1. The van der Waals surface area contributed by atoms with Crippen molar-refractivity contribution in [3.63, 3.8) is 0 Å². The van der Waals surface area contributed by atoms with E-state index in [0.29, 0.717) is 50.2 Å². The second-order valence-corrected chi connectivity index (χ2v) is 6.15. The van der Waals surface area contributed by atoms with E-state index in [9.17, 15) is 4.79 Å². The van der Waals surface area contributed by atoms with Gasteiger partial charge in [-0.1, -0.05) is 0 Å². The molecular weight excluding hydrogens is 475 g/mol. The van der Waals surface area contributed by atoms with E-state index in [1.807, 2.05) is 25.1 Å². The van der Waals surface area contributed by atoms with Crippen LogP contribution in [0.4, 0.5) is 5.69 Å². The minimum absolute atomic E-state index is 0. The van der Waals surface area contributed by atoms with Gasteiger partial charge in [-0.25, -0.2) is 0 Å². The quantitative estimate of drug-likeness (QED) is 0.244. The van der Waals surface area contributed by atoms with Crippen molar-refractivity contribution < 1.29 is 18.7 Å². The van der Waals surface area contributed by atoms with Gasteiger partial charge in [-0.3, -0.25) is 9.79 Å². The predicted molar refractivity (Wildman–Crippen MR) is 118 cm³/mol. The number of nitrogens with zero attached hydrogens (tertiary/aromatic N) is 1. The average Bonchev–Trinajstić information content (AvgIpc) is 2.94. The highest BCUT2D eigenvalue weighted by Crippen LogP contribution is 2.32. The lowest BCUT2D eigenvalue weighted by atomic mass is 10.2. The highest BCUT2D eigenvalue weighted by atomic mass is 127. The number of guanidine groups is 1. The molecule has 0 spiro atoms. The molecule has 1 aromatic heterocycles. The zero-order chi connectivity index (χ0) is 19.1. The van der Waals surface area contributed by atoms with Crippen LogP contribution in [0, 0.1) is 6.92 Å². The molecule has 152 valence electrons. The Bertz CT molecular complexity index is 822. The lowest BCUT2D eigenvalue weighted by Gasteiger charge is -2.10. The summed E-state index contributed by atoms with van der Waals surface area (Å²) in [5.74, 6) is 1.85. The molecule has 0 saturated carbocycles. The van der Waals surface area contributed by atoms with Gasteiger partial charge in [0.05, 0.1) is 19.5 Å². The van der Waals surface area contributed by atoms with E-state index in [4.69, 9.17) is 19.6 Å². The first kappa shape index (κ1) is 21.9. The maximum atomic E-state index is 11.9. The number of halogens is 1. The molecule has 4 N–H and O–H groups in total. The second-order valence-electron chi connectivity index (χ2n) is 6.15. The molecule has 28 heavy (non-hydrogen) atoms. The molecule has 3 rings (SSSR count). The lowest BCUT2D eigenvalue weighted by molar-refractivity contribution is 0.0925. The van der Waals surface area contributed by atoms with E-state index in [1.165, 1.54) is 6.26 Å². The third kappa shape index (κ3) is 6.04. The minimum Gasteiger partial charge on any atom is -0.490 e. The van der Waals surface area contributed by atoms with Crippen molar-refractivity contribution in [2.45, 2.75) is 19.8 Å². The van der Waals surface area contributed by atoms with Crippen molar-refractivity contribution in [1.82, 2.24) is 5.32 Å². The van der Waals surface area contributed by atoms with E-state index < -0.39 is 0 Å².